The van der Waals surface area contributed by atoms with Gasteiger partial charge in [0.05, 0.1) is 13.1 Å². The van der Waals surface area contributed by atoms with E-state index in [9.17, 15) is 0 Å². The summed E-state index contributed by atoms with van der Waals surface area (Å²) in [5.74, 6) is 3.88. The Hall–Kier alpha value is -2.21. The second-order valence-corrected chi connectivity index (χ2v) is 7.83. The van der Waals surface area contributed by atoms with Gasteiger partial charge in [0.25, 0.3) is 0 Å². The van der Waals surface area contributed by atoms with Crippen molar-refractivity contribution in [2.24, 2.45) is 4.99 Å². The van der Waals surface area contributed by atoms with Gasteiger partial charge in [0.2, 0.25) is 11.7 Å². The molecule has 0 amide bonds. The molecule has 1 aromatic carbocycles. The predicted octanol–water partition coefficient (Wildman–Crippen LogP) is 3.27. The number of aromatic nitrogens is 5. The molecule has 0 saturated carbocycles. The van der Waals surface area contributed by atoms with E-state index in [1.54, 1.807) is 0 Å². The third-order valence-electron chi connectivity index (χ3n) is 5.07. The Morgan fingerprint density at radius 1 is 1.25 bits per heavy atom. The van der Waals surface area contributed by atoms with Crippen LogP contribution in [-0.4, -0.2) is 50.0 Å². The standard InChI is InChI=1S/C21H27ClN8O.HI/c1-3-17-26-18-10-9-16(13-30(18)28-17)25-21(23-4-2)24-12-11-19-27-20(29-31-19)14-5-7-15(22)8-6-14;/h5-8,16H,3-4,9-13H2,1-2H3,(H2,23,24,25);1H. The summed E-state index contributed by atoms with van der Waals surface area (Å²) in [7, 11) is 0. The molecular formula is C21H28ClIN8O. The molecule has 1 aliphatic rings. The number of guanidine groups is 1. The Bertz CT molecular complexity index is 1030. The molecule has 172 valence electrons. The molecule has 0 fully saturated rings. The number of rotatable bonds is 7. The average molecular weight is 571 g/mol. The summed E-state index contributed by atoms with van der Waals surface area (Å²) in [6.45, 7) is 6.25. The summed E-state index contributed by atoms with van der Waals surface area (Å²) in [5, 5.41) is 16.1. The van der Waals surface area contributed by atoms with Gasteiger partial charge in [-0.25, -0.2) is 9.67 Å². The normalized spacial score (nSPS) is 15.7. The SMILES string of the molecule is CCNC(=NCCc1nc(-c2ccc(Cl)cc2)no1)NC1CCc2nc(CC)nn2C1.I. The zero-order chi connectivity index (χ0) is 21.6. The van der Waals surface area contributed by atoms with Gasteiger partial charge in [-0.05, 0) is 37.6 Å². The predicted molar refractivity (Wildman–Crippen MR) is 134 cm³/mol. The summed E-state index contributed by atoms with van der Waals surface area (Å²) < 4.78 is 7.38. The highest BCUT2D eigenvalue weighted by molar-refractivity contribution is 14.0. The number of fused-ring (bicyclic) bond motifs is 1. The Morgan fingerprint density at radius 2 is 2.06 bits per heavy atom. The van der Waals surface area contributed by atoms with Gasteiger partial charge < -0.3 is 15.2 Å². The highest BCUT2D eigenvalue weighted by atomic mass is 127. The van der Waals surface area contributed by atoms with Crippen LogP contribution in [-0.2, 0) is 25.8 Å². The van der Waals surface area contributed by atoms with Crippen LogP contribution < -0.4 is 10.6 Å². The molecule has 0 radical (unpaired) electrons. The number of hydrogen-bond acceptors (Lipinski definition) is 6. The van der Waals surface area contributed by atoms with Crippen molar-refractivity contribution < 1.29 is 4.52 Å². The Morgan fingerprint density at radius 3 is 2.81 bits per heavy atom. The van der Waals surface area contributed by atoms with Crippen LogP contribution in [0.3, 0.4) is 0 Å². The first kappa shape index (κ1) is 24.4. The highest BCUT2D eigenvalue weighted by Gasteiger charge is 2.22. The van der Waals surface area contributed by atoms with Crippen molar-refractivity contribution in [3.05, 3.63) is 46.8 Å². The smallest absolute Gasteiger partial charge is 0.228 e. The second kappa shape index (κ2) is 11.6. The molecule has 2 N–H and O–H groups in total. The molecule has 0 bridgehead atoms. The fourth-order valence-electron chi connectivity index (χ4n) is 3.48. The molecule has 1 atom stereocenters. The van der Waals surface area contributed by atoms with Crippen molar-refractivity contribution in [3.8, 4) is 11.4 Å². The lowest BCUT2D eigenvalue weighted by Gasteiger charge is -2.25. The quantitative estimate of drug-likeness (QED) is 0.255. The molecule has 2 aromatic heterocycles. The van der Waals surface area contributed by atoms with Crippen LogP contribution >= 0.6 is 35.6 Å². The molecule has 9 nitrogen and oxygen atoms in total. The number of halogens is 2. The van der Waals surface area contributed by atoms with Crippen LogP contribution in [0.1, 0.15) is 37.8 Å². The third-order valence-corrected chi connectivity index (χ3v) is 5.32. The van der Waals surface area contributed by atoms with Crippen LogP contribution in [0.2, 0.25) is 5.02 Å². The minimum atomic E-state index is 0. The van der Waals surface area contributed by atoms with E-state index in [2.05, 4.69) is 49.7 Å². The van der Waals surface area contributed by atoms with Crippen LogP contribution in [0, 0.1) is 0 Å². The molecule has 1 aliphatic heterocycles. The van der Waals surface area contributed by atoms with Gasteiger partial charge in [-0.2, -0.15) is 10.1 Å². The van der Waals surface area contributed by atoms with Crippen molar-refractivity contribution in [3.63, 3.8) is 0 Å². The maximum absolute atomic E-state index is 5.93. The lowest BCUT2D eigenvalue weighted by atomic mass is 10.1. The van der Waals surface area contributed by atoms with Gasteiger partial charge in [-0.15, -0.1) is 24.0 Å². The number of benzene rings is 1. The van der Waals surface area contributed by atoms with E-state index in [4.69, 9.17) is 16.1 Å². The molecular weight excluding hydrogens is 543 g/mol. The summed E-state index contributed by atoms with van der Waals surface area (Å²) >= 11 is 5.93. The van der Waals surface area contributed by atoms with Crippen molar-refractivity contribution in [2.45, 2.75) is 52.1 Å². The fraction of sp³-hybridized carbons (Fsp3) is 0.476. The Labute approximate surface area is 209 Å². The molecule has 11 heteroatoms. The average Bonchev–Trinajstić information content (AvgIpc) is 3.41. The maximum atomic E-state index is 5.93. The summed E-state index contributed by atoms with van der Waals surface area (Å²) in [5.41, 5.74) is 0.869. The minimum absolute atomic E-state index is 0. The maximum Gasteiger partial charge on any atom is 0.228 e. The van der Waals surface area contributed by atoms with Gasteiger partial charge in [0, 0.05) is 42.4 Å². The van der Waals surface area contributed by atoms with E-state index in [0.717, 1.165) is 55.5 Å². The third kappa shape index (κ3) is 6.18. The fourth-order valence-corrected chi connectivity index (χ4v) is 3.60. The molecule has 0 spiro atoms. The van der Waals surface area contributed by atoms with Gasteiger partial charge >= 0.3 is 0 Å². The van der Waals surface area contributed by atoms with Gasteiger partial charge in [-0.1, -0.05) is 23.7 Å². The number of aliphatic imine (C=N–C) groups is 1. The monoisotopic (exact) mass is 570 g/mol. The number of nitrogens with one attached hydrogen (secondary N) is 2. The van der Waals surface area contributed by atoms with E-state index in [1.165, 1.54) is 0 Å². The van der Waals surface area contributed by atoms with Gasteiger partial charge in [0.15, 0.2) is 11.8 Å². The summed E-state index contributed by atoms with van der Waals surface area (Å²) in [6.07, 6.45) is 3.34. The van der Waals surface area contributed by atoms with Crippen LogP contribution in [0.15, 0.2) is 33.8 Å². The van der Waals surface area contributed by atoms with Crippen LogP contribution in [0.4, 0.5) is 0 Å². The lowest BCUT2D eigenvalue weighted by Crippen LogP contribution is -2.47. The molecule has 3 aromatic rings. The summed E-state index contributed by atoms with van der Waals surface area (Å²) in [4.78, 5) is 13.7. The van der Waals surface area contributed by atoms with Gasteiger partial charge in [-0.3, -0.25) is 4.99 Å². The molecule has 3 heterocycles. The van der Waals surface area contributed by atoms with Crippen molar-refractivity contribution in [2.75, 3.05) is 13.1 Å². The van der Waals surface area contributed by atoms with E-state index in [-0.39, 0.29) is 30.0 Å². The lowest BCUT2D eigenvalue weighted by molar-refractivity contribution is 0.379. The molecule has 1 unspecified atom stereocenters. The topological polar surface area (TPSA) is 106 Å². The second-order valence-electron chi connectivity index (χ2n) is 7.39. The van der Waals surface area contributed by atoms with E-state index >= 15 is 0 Å². The van der Waals surface area contributed by atoms with Crippen molar-refractivity contribution in [1.29, 1.82) is 0 Å². The number of hydrogen-bond donors (Lipinski definition) is 2. The first-order valence-corrected chi connectivity index (χ1v) is 11.1. The van der Waals surface area contributed by atoms with E-state index in [1.807, 2.05) is 28.9 Å². The van der Waals surface area contributed by atoms with E-state index < -0.39 is 0 Å². The zero-order valence-corrected chi connectivity index (χ0v) is 21.3. The first-order chi connectivity index (χ1) is 15.1. The summed E-state index contributed by atoms with van der Waals surface area (Å²) in [6, 6.07) is 7.62. The highest BCUT2D eigenvalue weighted by Crippen LogP contribution is 2.19. The van der Waals surface area contributed by atoms with Gasteiger partial charge in [0.1, 0.15) is 5.82 Å². The molecule has 0 aliphatic carbocycles. The van der Waals surface area contributed by atoms with Crippen LogP contribution in [0.5, 0.6) is 0 Å². The van der Waals surface area contributed by atoms with E-state index in [0.29, 0.717) is 29.7 Å². The first-order valence-electron chi connectivity index (χ1n) is 10.7. The molecule has 4 rings (SSSR count). The van der Waals surface area contributed by atoms with Crippen molar-refractivity contribution in [1.82, 2.24) is 35.5 Å². The van der Waals surface area contributed by atoms with Crippen molar-refractivity contribution >= 4 is 41.5 Å². The Kier molecular flexibility index (Phi) is 8.85. The molecule has 0 saturated heterocycles. The molecule has 32 heavy (non-hydrogen) atoms. The minimum Gasteiger partial charge on any atom is -0.357 e. The number of nitrogens with zero attached hydrogens (tertiary/aromatic N) is 6. The van der Waals surface area contributed by atoms with Crippen LogP contribution in [0.25, 0.3) is 11.4 Å². The largest absolute Gasteiger partial charge is 0.357 e. The Balaban J connectivity index is 0.00000289. The zero-order valence-electron chi connectivity index (χ0n) is 18.2. The number of aryl methyl sites for hydroxylation is 2.